The van der Waals surface area contributed by atoms with Crippen molar-refractivity contribution in [2.75, 3.05) is 39.3 Å². The van der Waals surface area contributed by atoms with Crippen LogP contribution in [0.1, 0.15) is 112 Å². The van der Waals surface area contributed by atoms with Crippen LogP contribution in [-0.4, -0.2) is 84.7 Å². The van der Waals surface area contributed by atoms with Crippen molar-refractivity contribution in [3.63, 3.8) is 0 Å². The van der Waals surface area contributed by atoms with E-state index in [0.29, 0.717) is 42.1 Å². The normalized spacial score (nSPS) is 39.2. The van der Waals surface area contributed by atoms with Crippen LogP contribution in [0.2, 0.25) is 0 Å². The van der Waals surface area contributed by atoms with Crippen LogP contribution in [0.5, 0.6) is 0 Å². The summed E-state index contributed by atoms with van der Waals surface area (Å²) >= 11 is 0. The van der Waals surface area contributed by atoms with E-state index in [1.807, 2.05) is 13.8 Å². The molecule has 8 heteroatoms. The SMILES string of the molecule is CC(C)OC(=O)CC[C@@H](C)C1CCC2C3C(C[C@H](O)[C@@]21C)[C@@]1(C)CC[C@H](NCCCN(CCCN)CCCN)CC1C[C@H]3O. The third kappa shape index (κ3) is 7.84. The number of nitrogens with zero attached hydrogens (tertiary/aromatic N) is 1. The number of carbonyl (C=O) groups excluding carboxylic acids is 1. The molecule has 0 saturated heterocycles. The number of carbonyl (C=O) groups is 1. The summed E-state index contributed by atoms with van der Waals surface area (Å²) in [6.07, 6.45) is 11.1. The van der Waals surface area contributed by atoms with Crippen molar-refractivity contribution < 1.29 is 19.7 Å². The molecule has 4 rings (SSSR count). The van der Waals surface area contributed by atoms with Gasteiger partial charge in [-0.25, -0.2) is 0 Å². The van der Waals surface area contributed by atoms with Gasteiger partial charge in [0.2, 0.25) is 0 Å². The fourth-order valence-corrected chi connectivity index (χ4v) is 10.8. The van der Waals surface area contributed by atoms with E-state index in [4.69, 9.17) is 16.2 Å². The van der Waals surface area contributed by atoms with Crippen LogP contribution in [0.25, 0.3) is 0 Å². The Labute approximate surface area is 268 Å². The monoisotopic (exact) mass is 621 g/mol. The van der Waals surface area contributed by atoms with Crippen LogP contribution < -0.4 is 16.8 Å². The Morgan fingerprint density at radius 1 is 0.955 bits per heavy atom. The lowest BCUT2D eigenvalue weighted by molar-refractivity contribution is -0.202. The zero-order chi connectivity index (χ0) is 32.1. The van der Waals surface area contributed by atoms with E-state index < -0.39 is 0 Å². The Bertz CT molecular complexity index is 897. The number of esters is 1. The van der Waals surface area contributed by atoms with Gasteiger partial charge in [0.25, 0.3) is 0 Å². The lowest BCUT2D eigenvalue weighted by atomic mass is 9.43. The quantitative estimate of drug-likeness (QED) is 0.127. The van der Waals surface area contributed by atoms with E-state index in [1.54, 1.807) is 0 Å². The molecule has 0 radical (unpaired) electrons. The molecule has 0 aromatic heterocycles. The first-order valence-electron chi connectivity index (χ1n) is 18.4. The second kappa shape index (κ2) is 15.9. The molecule has 0 heterocycles. The molecule has 4 aliphatic rings. The Morgan fingerprint density at radius 2 is 1.64 bits per heavy atom. The molecule has 4 fully saturated rings. The first-order valence-corrected chi connectivity index (χ1v) is 18.4. The van der Waals surface area contributed by atoms with E-state index in [-0.39, 0.29) is 41.0 Å². The zero-order valence-corrected chi connectivity index (χ0v) is 28.8. The van der Waals surface area contributed by atoms with Crippen molar-refractivity contribution in [2.45, 2.75) is 136 Å². The second-order valence-corrected chi connectivity index (χ2v) is 16.1. The fraction of sp³-hybridized carbons (Fsp3) is 0.972. The number of fused-ring (bicyclic) bond motifs is 5. The van der Waals surface area contributed by atoms with Crippen molar-refractivity contribution in [2.24, 2.45) is 57.8 Å². The Balaban J connectivity index is 1.34. The summed E-state index contributed by atoms with van der Waals surface area (Å²) in [7, 11) is 0. The van der Waals surface area contributed by atoms with Gasteiger partial charge in [0, 0.05) is 12.5 Å². The van der Waals surface area contributed by atoms with E-state index >= 15 is 0 Å². The molecule has 0 spiro atoms. The number of aliphatic hydroxyl groups is 2. The second-order valence-electron chi connectivity index (χ2n) is 16.1. The topological polar surface area (TPSA) is 134 Å². The molecule has 4 saturated carbocycles. The molecule has 4 aliphatic carbocycles. The van der Waals surface area contributed by atoms with Gasteiger partial charge in [0.05, 0.1) is 18.3 Å². The predicted molar refractivity (Wildman–Crippen MR) is 178 cm³/mol. The van der Waals surface area contributed by atoms with E-state index in [2.05, 4.69) is 31.0 Å². The number of hydrogen-bond donors (Lipinski definition) is 5. The van der Waals surface area contributed by atoms with Crippen molar-refractivity contribution in [1.29, 1.82) is 0 Å². The highest BCUT2D eigenvalue weighted by Gasteiger charge is 2.65. The lowest BCUT2D eigenvalue weighted by Gasteiger charge is -2.63. The summed E-state index contributed by atoms with van der Waals surface area (Å²) in [6, 6.07) is 0.510. The van der Waals surface area contributed by atoms with Gasteiger partial charge in [0.1, 0.15) is 0 Å². The third-order valence-electron chi connectivity index (χ3n) is 13.2. The van der Waals surface area contributed by atoms with E-state index in [0.717, 1.165) is 97.1 Å². The van der Waals surface area contributed by atoms with Gasteiger partial charge in [0.15, 0.2) is 0 Å². The average molecular weight is 621 g/mol. The Kier molecular flexibility index (Phi) is 13.0. The van der Waals surface area contributed by atoms with Crippen LogP contribution in [0.3, 0.4) is 0 Å². The molecule has 256 valence electrons. The maximum Gasteiger partial charge on any atom is 0.306 e. The molecule has 0 aliphatic heterocycles. The number of aliphatic hydroxyl groups excluding tert-OH is 2. The van der Waals surface area contributed by atoms with Crippen molar-refractivity contribution in [3.05, 3.63) is 0 Å². The maximum absolute atomic E-state index is 12.3. The number of nitrogens with two attached hydrogens (primary N) is 2. The summed E-state index contributed by atoms with van der Waals surface area (Å²) in [4.78, 5) is 14.8. The summed E-state index contributed by atoms with van der Waals surface area (Å²) in [5.41, 5.74) is 11.5. The van der Waals surface area contributed by atoms with Gasteiger partial charge in [-0.3, -0.25) is 4.79 Å². The van der Waals surface area contributed by atoms with Crippen LogP contribution >= 0.6 is 0 Å². The van der Waals surface area contributed by atoms with Gasteiger partial charge >= 0.3 is 5.97 Å². The smallest absolute Gasteiger partial charge is 0.306 e. The van der Waals surface area contributed by atoms with E-state index in [1.165, 1.54) is 12.8 Å². The van der Waals surface area contributed by atoms with Crippen LogP contribution in [-0.2, 0) is 9.53 Å². The van der Waals surface area contributed by atoms with Crippen LogP contribution in [0, 0.1) is 46.3 Å². The van der Waals surface area contributed by atoms with Crippen molar-refractivity contribution in [3.8, 4) is 0 Å². The molecule has 44 heavy (non-hydrogen) atoms. The molecule has 7 N–H and O–H groups in total. The third-order valence-corrected chi connectivity index (χ3v) is 13.2. The highest BCUT2D eigenvalue weighted by Crippen LogP contribution is 2.68. The molecule has 0 aromatic carbocycles. The molecule has 0 amide bonds. The van der Waals surface area contributed by atoms with Gasteiger partial charge in [-0.1, -0.05) is 20.8 Å². The lowest BCUT2D eigenvalue weighted by Crippen LogP contribution is -2.62. The largest absolute Gasteiger partial charge is 0.463 e. The molecule has 0 bridgehead atoms. The molecule has 0 aromatic rings. The van der Waals surface area contributed by atoms with Crippen molar-refractivity contribution in [1.82, 2.24) is 10.2 Å². The number of nitrogens with one attached hydrogen (secondary N) is 1. The van der Waals surface area contributed by atoms with Crippen LogP contribution in [0.15, 0.2) is 0 Å². The number of ether oxygens (including phenoxy) is 1. The fourth-order valence-electron chi connectivity index (χ4n) is 10.8. The number of hydrogen-bond acceptors (Lipinski definition) is 8. The molecule has 5 unspecified atom stereocenters. The molecule has 11 atom stereocenters. The summed E-state index contributed by atoms with van der Waals surface area (Å²) in [6.45, 7) is 16.6. The van der Waals surface area contributed by atoms with E-state index in [9.17, 15) is 15.0 Å². The van der Waals surface area contributed by atoms with Gasteiger partial charge in [-0.05, 0) is 170 Å². The van der Waals surface area contributed by atoms with Gasteiger partial charge < -0.3 is 36.6 Å². The first kappa shape index (κ1) is 36.1. The molecular weight excluding hydrogens is 552 g/mol. The summed E-state index contributed by atoms with van der Waals surface area (Å²) < 4.78 is 5.40. The van der Waals surface area contributed by atoms with Gasteiger partial charge in [-0.2, -0.15) is 0 Å². The standard InChI is InChI=1S/C36H68N4O4/c1-24(2)44-33(43)12-9-25(3)28-10-11-29-34-30(23-32(42)36(28,29)5)35(4)14-13-27(21-26(35)22-31(34)41)39-17-8-20-40(18-6-15-37)19-7-16-38/h24-32,34,39,41-42H,6-23,37-38H2,1-5H3/t25-,26?,27+,28?,29?,30?,31-,32+,34?,35+,36-/m1/s1. The Hall–Kier alpha value is -0.770. The average Bonchev–Trinajstić information content (AvgIpc) is 3.34. The summed E-state index contributed by atoms with van der Waals surface area (Å²) in [5.74, 6) is 2.08. The predicted octanol–water partition coefficient (Wildman–Crippen LogP) is 4.30. The molecular formula is C36H68N4O4. The minimum absolute atomic E-state index is 0.0822. The maximum atomic E-state index is 12.3. The van der Waals surface area contributed by atoms with Crippen LogP contribution in [0.4, 0.5) is 0 Å². The van der Waals surface area contributed by atoms with Gasteiger partial charge in [-0.15, -0.1) is 0 Å². The number of rotatable bonds is 16. The minimum Gasteiger partial charge on any atom is -0.463 e. The Morgan fingerprint density at radius 3 is 2.30 bits per heavy atom. The summed E-state index contributed by atoms with van der Waals surface area (Å²) in [5, 5.41) is 27.6. The first-order chi connectivity index (χ1) is 20.9. The minimum atomic E-state index is -0.355. The highest BCUT2D eigenvalue weighted by molar-refractivity contribution is 5.69. The van der Waals surface area contributed by atoms with Crippen molar-refractivity contribution >= 4 is 5.97 Å². The highest BCUT2D eigenvalue weighted by atomic mass is 16.5. The molecule has 8 nitrogen and oxygen atoms in total. The zero-order valence-electron chi connectivity index (χ0n) is 28.8.